The minimum Gasteiger partial charge on any atom is -0.138 e. The summed E-state index contributed by atoms with van der Waals surface area (Å²) in [6, 6.07) is 6.01. The SMILES string of the molecule is CCCC(=S)c1cccc2nnsc12. The van der Waals surface area contributed by atoms with Crippen LogP contribution in [0.4, 0.5) is 0 Å². The zero-order valence-electron chi connectivity index (χ0n) is 7.86. The van der Waals surface area contributed by atoms with Gasteiger partial charge in [-0.1, -0.05) is 42.2 Å². The smallest absolute Gasteiger partial charge is 0.106 e. The van der Waals surface area contributed by atoms with Crippen molar-refractivity contribution < 1.29 is 0 Å². The van der Waals surface area contributed by atoms with Crippen LogP contribution in [0.1, 0.15) is 25.3 Å². The normalized spacial score (nSPS) is 10.6. The first-order chi connectivity index (χ1) is 6.83. The number of fused-ring (bicyclic) bond motifs is 1. The Labute approximate surface area is 92.1 Å². The van der Waals surface area contributed by atoms with Crippen molar-refractivity contribution in [1.82, 2.24) is 9.59 Å². The lowest BCUT2D eigenvalue weighted by molar-refractivity contribution is 1.01. The maximum Gasteiger partial charge on any atom is 0.106 e. The molecule has 1 aromatic carbocycles. The van der Waals surface area contributed by atoms with Crippen molar-refractivity contribution in [1.29, 1.82) is 0 Å². The second-order valence-electron chi connectivity index (χ2n) is 3.10. The zero-order valence-corrected chi connectivity index (χ0v) is 9.49. The van der Waals surface area contributed by atoms with E-state index in [2.05, 4.69) is 22.6 Å². The van der Waals surface area contributed by atoms with E-state index in [9.17, 15) is 0 Å². The maximum atomic E-state index is 5.36. The number of thiocarbonyl (C=S) groups is 1. The highest BCUT2D eigenvalue weighted by molar-refractivity contribution is 7.80. The Hall–Kier alpha value is -0.870. The molecule has 0 fully saturated rings. The van der Waals surface area contributed by atoms with Gasteiger partial charge in [0, 0.05) is 10.4 Å². The molecule has 0 atom stereocenters. The summed E-state index contributed by atoms with van der Waals surface area (Å²) in [5, 5.41) is 4.03. The Morgan fingerprint density at radius 3 is 3.14 bits per heavy atom. The predicted molar refractivity (Wildman–Crippen MR) is 64.0 cm³/mol. The summed E-state index contributed by atoms with van der Waals surface area (Å²) >= 11 is 6.78. The standard InChI is InChI=1S/C10H10N2S2/c1-2-4-9(13)7-5-3-6-8-10(7)14-12-11-8/h3,5-6H,2,4H2,1H3. The summed E-state index contributed by atoms with van der Waals surface area (Å²) in [6.45, 7) is 2.14. The summed E-state index contributed by atoms with van der Waals surface area (Å²) in [6.07, 6.45) is 2.05. The summed E-state index contributed by atoms with van der Waals surface area (Å²) < 4.78 is 5.05. The van der Waals surface area contributed by atoms with E-state index < -0.39 is 0 Å². The van der Waals surface area contributed by atoms with Gasteiger partial charge in [0.2, 0.25) is 0 Å². The fourth-order valence-electron chi connectivity index (χ4n) is 1.39. The zero-order chi connectivity index (χ0) is 9.97. The van der Waals surface area contributed by atoms with Gasteiger partial charge in [0.15, 0.2) is 0 Å². The lowest BCUT2D eigenvalue weighted by atomic mass is 10.1. The van der Waals surface area contributed by atoms with Gasteiger partial charge in [0.05, 0.1) is 4.70 Å². The predicted octanol–water partition coefficient (Wildman–Crippen LogP) is 3.21. The van der Waals surface area contributed by atoms with Crippen LogP contribution >= 0.6 is 23.8 Å². The Kier molecular flexibility index (Phi) is 2.84. The molecule has 0 aliphatic carbocycles. The third kappa shape index (κ3) is 1.67. The molecule has 1 heterocycles. The average molecular weight is 222 g/mol. The Balaban J connectivity index is 2.50. The number of hydrogen-bond acceptors (Lipinski definition) is 4. The summed E-state index contributed by atoms with van der Waals surface area (Å²) in [5.74, 6) is 0. The van der Waals surface area contributed by atoms with Gasteiger partial charge in [0.1, 0.15) is 5.52 Å². The largest absolute Gasteiger partial charge is 0.138 e. The molecular weight excluding hydrogens is 212 g/mol. The van der Waals surface area contributed by atoms with E-state index in [0.29, 0.717) is 0 Å². The molecule has 0 N–H and O–H groups in total. The molecule has 0 bridgehead atoms. The van der Waals surface area contributed by atoms with E-state index in [1.807, 2.05) is 12.1 Å². The average Bonchev–Trinajstić information content (AvgIpc) is 2.65. The molecular formula is C10H10N2S2. The second-order valence-corrected chi connectivity index (χ2v) is 4.35. The number of benzene rings is 1. The van der Waals surface area contributed by atoms with Gasteiger partial charge in [-0.25, -0.2) is 0 Å². The van der Waals surface area contributed by atoms with Gasteiger partial charge in [0.25, 0.3) is 0 Å². The molecule has 0 saturated heterocycles. The topological polar surface area (TPSA) is 25.8 Å². The van der Waals surface area contributed by atoms with Gasteiger partial charge in [-0.15, -0.1) is 5.10 Å². The van der Waals surface area contributed by atoms with Gasteiger partial charge >= 0.3 is 0 Å². The monoisotopic (exact) mass is 222 g/mol. The lowest BCUT2D eigenvalue weighted by Gasteiger charge is -2.01. The molecule has 0 unspecified atom stereocenters. The molecule has 0 spiro atoms. The van der Waals surface area contributed by atoms with Crippen molar-refractivity contribution in [2.75, 3.05) is 0 Å². The summed E-state index contributed by atoms with van der Waals surface area (Å²) in [4.78, 5) is 1.02. The Morgan fingerprint density at radius 1 is 1.50 bits per heavy atom. The van der Waals surface area contributed by atoms with E-state index >= 15 is 0 Å². The molecule has 0 amide bonds. The van der Waals surface area contributed by atoms with Crippen LogP contribution in [0, 0.1) is 0 Å². The Morgan fingerprint density at radius 2 is 2.36 bits per heavy atom. The lowest BCUT2D eigenvalue weighted by Crippen LogP contribution is -1.95. The number of rotatable bonds is 3. The van der Waals surface area contributed by atoms with Gasteiger partial charge < -0.3 is 0 Å². The molecule has 1 aromatic heterocycles. The van der Waals surface area contributed by atoms with E-state index in [1.54, 1.807) is 0 Å². The molecule has 72 valence electrons. The van der Waals surface area contributed by atoms with Crippen LogP contribution in [-0.2, 0) is 0 Å². The number of nitrogens with zero attached hydrogens (tertiary/aromatic N) is 2. The first-order valence-electron chi connectivity index (χ1n) is 4.57. The van der Waals surface area contributed by atoms with Crippen LogP contribution < -0.4 is 0 Å². The molecule has 4 heteroatoms. The third-order valence-corrected chi connectivity index (χ3v) is 3.25. The van der Waals surface area contributed by atoms with Gasteiger partial charge in [-0.05, 0) is 24.0 Å². The van der Waals surface area contributed by atoms with Crippen molar-refractivity contribution in [3.05, 3.63) is 23.8 Å². The van der Waals surface area contributed by atoms with Gasteiger partial charge in [-0.3, -0.25) is 0 Å². The van der Waals surface area contributed by atoms with Crippen LogP contribution in [0.3, 0.4) is 0 Å². The molecule has 0 radical (unpaired) electrons. The molecule has 0 aliphatic rings. The van der Waals surface area contributed by atoms with Crippen LogP contribution in [-0.4, -0.2) is 14.5 Å². The van der Waals surface area contributed by atoms with E-state index in [-0.39, 0.29) is 0 Å². The minimum atomic E-state index is 0.950. The van der Waals surface area contributed by atoms with Crippen molar-refractivity contribution in [3.63, 3.8) is 0 Å². The first-order valence-corrected chi connectivity index (χ1v) is 5.75. The quantitative estimate of drug-likeness (QED) is 0.589. The molecule has 2 rings (SSSR count). The first kappa shape index (κ1) is 9.68. The van der Waals surface area contributed by atoms with E-state index in [4.69, 9.17) is 12.2 Å². The van der Waals surface area contributed by atoms with Gasteiger partial charge in [-0.2, -0.15) is 0 Å². The molecule has 2 aromatic rings. The highest BCUT2D eigenvalue weighted by atomic mass is 32.1. The minimum absolute atomic E-state index is 0.950. The highest BCUT2D eigenvalue weighted by Gasteiger charge is 2.07. The van der Waals surface area contributed by atoms with Crippen molar-refractivity contribution in [2.24, 2.45) is 0 Å². The molecule has 14 heavy (non-hydrogen) atoms. The van der Waals surface area contributed by atoms with Crippen molar-refractivity contribution >= 4 is 38.8 Å². The summed E-state index contributed by atoms with van der Waals surface area (Å²) in [5.41, 5.74) is 2.08. The second kappa shape index (κ2) is 4.11. The fraction of sp³-hybridized carbons (Fsp3) is 0.300. The van der Waals surface area contributed by atoms with Crippen LogP contribution in [0.2, 0.25) is 0 Å². The van der Waals surface area contributed by atoms with Crippen molar-refractivity contribution in [3.8, 4) is 0 Å². The Bertz CT molecular complexity index is 462. The molecule has 0 saturated carbocycles. The van der Waals surface area contributed by atoms with Crippen molar-refractivity contribution in [2.45, 2.75) is 19.8 Å². The van der Waals surface area contributed by atoms with E-state index in [1.165, 1.54) is 11.5 Å². The third-order valence-electron chi connectivity index (χ3n) is 2.05. The van der Waals surface area contributed by atoms with Crippen LogP contribution in [0.15, 0.2) is 18.2 Å². The number of aromatic nitrogens is 2. The maximum absolute atomic E-state index is 5.36. The molecule has 2 nitrogen and oxygen atoms in total. The number of hydrogen-bond donors (Lipinski definition) is 0. The van der Waals surface area contributed by atoms with Crippen LogP contribution in [0.25, 0.3) is 10.2 Å². The highest BCUT2D eigenvalue weighted by Crippen LogP contribution is 2.22. The van der Waals surface area contributed by atoms with Crippen LogP contribution in [0.5, 0.6) is 0 Å². The fourth-order valence-corrected chi connectivity index (χ4v) is 2.53. The summed E-state index contributed by atoms with van der Waals surface area (Å²) in [7, 11) is 0. The van der Waals surface area contributed by atoms with E-state index in [0.717, 1.165) is 33.5 Å². The molecule has 0 aliphatic heterocycles.